The third-order valence-electron chi connectivity index (χ3n) is 2.74. The molecule has 2 rings (SSSR count). The number of rotatable bonds is 5. The van der Waals surface area contributed by atoms with E-state index in [1.807, 2.05) is 54.6 Å². The lowest BCUT2D eigenvalue weighted by atomic mass is 10.1. The molecule has 20 heavy (non-hydrogen) atoms. The van der Waals surface area contributed by atoms with E-state index >= 15 is 0 Å². The molecule has 0 radical (unpaired) electrons. The van der Waals surface area contributed by atoms with E-state index < -0.39 is 0 Å². The first-order valence-electron chi connectivity index (χ1n) is 6.28. The molecule has 0 spiro atoms. The predicted octanol–water partition coefficient (Wildman–Crippen LogP) is 2.39. The maximum atomic E-state index is 11.7. The van der Waals surface area contributed by atoms with Gasteiger partial charge in [-0.2, -0.15) is 5.10 Å². The van der Waals surface area contributed by atoms with Crippen LogP contribution in [0.5, 0.6) is 5.75 Å². The molecule has 1 N–H and O–H groups in total. The summed E-state index contributed by atoms with van der Waals surface area (Å²) in [5, 5.41) is 3.94. The number of nitrogens with zero attached hydrogens (tertiary/aromatic N) is 1. The highest BCUT2D eigenvalue weighted by molar-refractivity contribution is 5.85. The Morgan fingerprint density at radius 2 is 1.85 bits per heavy atom. The molecule has 2 aromatic carbocycles. The lowest BCUT2D eigenvalue weighted by Gasteiger charge is -2.03. The predicted molar refractivity (Wildman–Crippen MR) is 78.9 cm³/mol. The van der Waals surface area contributed by atoms with Crippen molar-refractivity contribution in [3.8, 4) is 5.75 Å². The van der Waals surface area contributed by atoms with E-state index in [9.17, 15) is 4.79 Å². The number of para-hydroxylation sites is 1. The fourth-order valence-electron chi connectivity index (χ4n) is 1.77. The van der Waals surface area contributed by atoms with Crippen LogP contribution in [-0.4, -0.2) is 19.2 Å². The quantitative estimate of drug-likeness (QED) is 0.668. The fourth-order valence-corrected chi connectivity index (χ4v) is 1.77. The number of hydrogen-bond acceptors (Lipinski definition) is 3. The van der Waals surface area contributed by atoms with E-state index in [1.54, 1.807) is 13.3 Å². The zero-order valence-electron chi connectivity index (χ0n) is 11.2. The maximum Gasteiger partial charge on any atom is 0.244 e. The molecule has 102 valence electrons. The Kier molecular flexibility index (Phi) is 4.89. The Hall–Kier alpha value is -2.62. The van der Waals surface area contributed by atoms with Crippen molar-refractivity contribution >= 4 is 12.1 Å². The molecule has 4 nitrogen and oxygen atoms in total. The van der Waals surface area contributed by atoms with Gasteiger partial charge < -0.3 is 4.74 Å². The first-order valence-corrected chi connectivity index (χ1v) is 6.28. The summed E-state index contributed by atoms with van der Waals surface area (Å²) in [5.74, 6) is 0.566. The molecule has 0 aliphatic rings. The minimum Gasteiger partial charge on any atom is -0.496 e. The molecule has 0 aliphatic carbocycles. The smallest absolute Gasteiger partial charge is 0.244 e. The third-order valence-corrected chi connectivity index (χ3v) is 2.74. The van der Waals surface area contributed by atoms with Crippen molar-refractivity contribution in [3.05, 3.63) is 65.7 Å². The summed E-state index contributed by atoms with van der Waals surface area (Å²) in [5.41, 5.74) is 4.28. The van der Waals surface area contributed by atoms with Gasteiger partial charge in [-0.3, -0.25) is 4.79 Å². The second kappa shape index (κ2) is 7.09. The standard InChI is InChI=1S/C16H16N2O2/c1-20-15-10-6-5-9-14(15)12-17-18-16(19)11-13-7-3-2-4-8-13/h2-10,12H,11H2,1H3,(H,18,19)/b17-12-. The Bertz CT molecular complexity index is 594. The summed E-state index contributed by atoms with van der Waals surface area (Å²) in [7, 11) is 1.60. The number of ether oxygens (including phenoxy) is 1. The molecule has 2 aromatic rings. The molecule has 1 amide bonds. The topological polar surface area (TPSA) is 50.7 Å². The first kappa shape index (κ1) is 13.8. The molecule has 0 saturated heterocycles. The number of amides is 1. The van der Waals surface area contributed by atoms with Gasteiger partial charge in [0.15, 0.2) is 0 Å². The second-order valence-corrected chi connectivity index (χ2v) is 4.20. The van der Waals surface area contributed by atoms with Gasteiger partial charge in [-0.25, -0.2) is 5.43 Å². The summed E-state index contributed by atoms with van der Waals surface area (Å²) < 4.78 is 5.19. The lowest BCUT2D eigenvalue weighted by molar-refractivity contribution is -0.120. The van der Waals surface area contributed by atoms with Gasteiger partial charge in [-0.1, -0.05) is 42.5 Å². The van der Waals surface area contributed by atoms with Gasteiger partial charge in [-0.15, -0.1) is 0 Å². The van der Waals surface area contributed by atoms with E-state index in [2.05, 4.69) is 10.5 Å². The van der Waals surface area contributed by atoms with Gasteiger partial charge in [0.2, 0.25) is 5.91 Å². The van der Waals surface area contributed by atoms with E-state index in [4.69, 9.17) is 4.74 Å². The van der Waals surface area contributed by atoms with Crippen LogP contribution < -0.4 is 10.2 Å². The summed E-state index contributed by atoms with van der Waals surface area (Å²) in [6.07, 6.45) is 1.88. The van der Waals surface area contributed by atoms with Crippen molar-refractivity contribution < 1.29 is 9.53 Å². The van der Waals surface area contributed by atoms with Crippen LogP contribution in [0.1, 0.15) is 11.1 Å². The molecule has 0 heterocycles. The number of carbonyl (C=O) groups is 1. The van der Waals surface area contributed by atoms with Gasteiger partial charge in [0.25, 0.3) is 0 Å². The Morgan fingerprint density at radius 1 is 1.15 bits per heavy atom. The Labute approximate surface area is 118 Å². The van der Waals surface area contributed by atoms with Crippen molar-refractivity contribution in [2.45, 2.75) is 6.42 Å². The van der Waals surface area contributed by atoms with Crippen molar-refractivity contribution in [2.24, 2.45) is 5.10 Å². The molecule has 0 aliphatic heterocycles. The molecule has 0 aromatic heterocycles. The molecule has 4 heteroatoms. The van der Waals surface area contributed by atoms with Crippen LogP contribution >= 0.6 is 0 Å². The first-order chi connectivity index (χ1) is 9.79. The largest absolute Gasteiger partial charge is 0.496 e. The minimum atomic E-state index is -0.151. The average Bonchev–Trinajstić information content (AvgIpc) is 2.49. The van der Waals surface area contributed by atoms with Gasteiger partial charge in [-0.05, 0) is 17.7 Å². The summed E-state index contributed by atoms with van der Waals surface area (Å²) in [6.45, 7) is 0. The monoisotopic (exact) mass is 268 g/mol. The van der Waals surface area contributed by atoms with Crippen molar-refractivity contribution in [3.63, 3.8) is 0 Å². The van der Waals surface area contributed by atoms with Crippen LogP contribution in [0.15, 0.2) is 59.7 Å². The maximum absolute atomic E-state index is 11.7. The molecular formula is C16H16N2O2. The number of carbonyl (C=O) groups excluding carboxylic acids is 1. The molecule has 0 bridgehead atoms. The molecule has 0 atom stereocenters. The number of benzene rings is 2. The van der Waals surface area contributed by atoms with Crippen LogP contribution in [0.2, 0.25) is 0 Å². The van der Waals surface area contributed by atoms with Crippen molar-refractivity contribution in [2.75, 3.05) is 7.11 Å². The average molecular weight is 268 g/mol. The van der Waals surface area contributed by atoms with E-state index in [0.29, 0.717) is 12.2 Å². The van der Waals surface area contributed by atoms with Crippen LogP contribution in [0, 0.1) is 0 Å². The van der Waals surface area contributed by atoms with E-state index in [0.717, 1.165) is 11.1 Å². The highest BCUT2D eigenvalue weighted by atomic mass is 16.5. The minimum absolute atomic E-state index is 0.151. The SMILES string of the molecule is COc1ccccc1/C=N\NC(=O)Cc1ccccc1. The normalized spacial score (nSPS) is 10.4. The molecular weight excluding hydrogens is 252 g/mol. The van der Waals surface area contributed by atoms with Gasteiger partial charge in [0.05, 0.1) is 19.7 Å². The van der Waals surface area contributed by atoms with Gasteiger partial charge in [0, 0.05) is 5.56 Å². The van der Waals surface area contributed by atoms with E-state index in [-0.39, 0.29) is 5.91 Å². The highest BCUT2D eigenvalue weighted by Gasteiger charge is 2.01. The van der Waals surface area contributed by atoms with Crippen LogP contribution in [0.3, 0.4) is 0 Å². The summed E-state index contributed by atoms with van der Waals surface area (Å²) in [4.78, 5) is 11.7. The van der Waals surface area contributed by atoms with Gasteiger partial charge in [0.1, 0.15) is 5.75 Å². The third kappa shape index (κ3) is 3.95. The summed E-state index contributed by atoms with van der Waals surface area (Å²) >= 11 is 0. The van der Waals surface area contributed by atoms with Crippen LogP contribution in [-0.2, 0) is 11.2 Å². The number of methoxy groups -OCH3 is 1. The van der Waals surface area contributed by atoms with Crippen LogP contribution in [0.25, 0.3) is 0 Å². The van der Waals surface area contributed by atoms with Crippen LogP contribution in [0.4, 0.5) is 0 Å². The molecule has 0 saturated carbocycles. The zero-order valence-corrected chi connectivity index (χ0v) is 11.2. The Balaban J connectivity index is 1.91. The second-order valence-electron chi connectivity index (χ2n) is 4.20. The summed E-state index contributed by atoms with van der Waals surface area (Å²) in [6, 6.07) is 17.0. The van der Waals surface area contributed by atoms with E-state index in [1.165, 1.54) is 0 Å². The zero-order chi connectivity index (χ0) is 14.2. The number of hydrogen-bond donors (Lipinski definition) is 1. The number of nitrogens with one attached hydrogen (secondary N) is 1. The highest BCUT2D eigenvalue weighted by Crippen LogP contribution is 2.14. The molecule has 0 unspecified atom stereocenters. The lowest BCUT2D eigenvalue weighted by Crippen LogP contribution is -2.19. The molecule has 0 fully saturated rings. The number of hydrazone groups is 1. The van der Waals surface area contributed by atoms with Gasteiger partial charge >= 0.3 is 0 Å². The van der Waals surface area contributed by atoms with Crippen molar-refractivity contribution in [1.29, 1.82) is 0 Å². The van der Waals surface area contributed by atoms with Crippen molar-refractivity contribution in [1.82, 2.24) is 5.43 Å². The fraction of sp³-hybridized carbons (Fsp3) is 0.125. The Morgan fingerprint density at radius 3 is 2.60 bits per heavy atom.